The molecule has 5 nitrogen and oxygen atoms in total. The highest BCUT2D eigenvalue weighted by Crippen LogP contribution is 2.24. The standard InChI is InChI=1S/C14H14N2O3S/c1-19-12(17)7-4-9-2-5-10(6-3-9)14-16-11(8-20-14)13(15)18/h2-3,5-6,8H,4,7H2,1H3,(H2,15,18). The van der Waals surface area contributed by atoms with E-state index in [-0.39, 0.29) is 11.7 Å². The number of methoxy groups -OCH3 is 1. The zero-order valence-electron chi connectivity index (χ0n) is 11.0. The maximum absolute atomic E-state index is 11.1. The maximum Gasteiger partial charge on any atom is 0.305 e. The third-order valence-corrected chi connectivity index (χ3v) is 3.69. The molecule has 0 saturated heterocycles. The molecule has 0 spiro atoms. The Balaban J connectivity index is 2.07. The zero-order valence-corrected chi connectivity index (χ0v) is 11.8. The van der Waals surface area contributed by atoms with Gasteiger partial charge < -0.3 is 10.5 Å². The summed E-state index contributed by atoms with van der Waals surface area (Å²) in [5, 5.41) is 2.39. The summed E-state index contributed by atoms with van der Waals surface area (Å²) >= 11 is 1.37. The molecule has 1 aromatic heterocycles. The molecule has 1 amide bonds. The van der Waals surface area contributed by atoms with E-state index in [1.54, 1.807) is 5.38 Å². The molecule has 0 aliphatic rings. The average molecular weight is 290 g/mol. The second-order valence-corrected chi connectivity index (χ2v) is 5.03. The summed E-state index contributed by atoms with van der Waals surface area (Å²) < 4.78 is 4.60. The van der Waals surface area contributed by atoms with Crippen molar-refractivity contribution < 1.29 is 14.3 Å². The molecule has 0 atom stereocenters. The number of aryl methyl sites for hydroxylation is 1. The van der Waals surface area contributed by atoms with Crippen molar-refractivity contribution in [3.63, 3.8) is 0 Å². The number of benzene rings is 1. The summed E-state index contributed by atoms with van der Waals surface area (Å²) in [6, 6.07) is 7.69. The Bertz CT molecular complexity index is 620. The number of nitrogens with two attached hydrogens (primary N) is 1. The Hall–Kier alpha value is -2.21. The van der Waals surface area contributed by atoms with E-state index >= 15 is 0 Å². The van der Waals surface area contributed by atoms with Crippen molar-refractivity contribution in [1.29, 1.82) is 0 Å². The van der Waals surface area contributed by atoms with Crippen LogP contribution in [0, 0.1) is 0 Å². The number of thiazole rings is 1. The van der Waals surface area contributed by atoms with E-state index in [1.807, 2.05) is 24.3 Å². The van der Waals surface area contributed by atoms with Gasteiger partial charge in [0.2, 0.25) is 0 Å². The number of hydrogen-bond acceptors (Lipinski definition) is 5. The van der Waals surface area contributed by atoms with Gasteiger partial charge in [-0.05, 0) is 12.0 Å². The Labute approximate surface area is 120 Å². The number of carbonyl (C=O) groups is 2. The highest BCUT2D eigenvalue weighted by atomic mass is 32.1. The number of primary amides is 1. The van der Waals surface area contributed by atoms with Gasteiger partial charge in [-0.15, -0.1) is 11.3 Å². The minimum Gasteiger partial charge on any atom is -0.469 e. The zero-order chi connectivity index (χ0) is 14.5. The van der Waals surface area contributed by atoms with E-state index < -0.39 is 5.91 Å². The lowest BCUT2D eigenvalue weighted by atomic mass is 10.1. The smallest absolute Gasteiger partial charge is 0.305 e. The monoisotopic (exact) mass is 290 g/mol. The van der Waals surface area contributed by atoms with Crippen LogP contribution in [-0.2, 0) is 16.0 Å². The summed E-state index contributed by atoms with van der Waals surface area (Å²) in [6.07, 6.45) is 0.996. The van der Waals surface area contributed by atoms with Crippen LogP contribution in [-0.4, -0.2) is 24.0 Å². The summed E-state index contributed by atoms with van der Waals surface area (Å²) in [6.45, 7) is 0. The van der Waals surface area contributed by atoms with Gasteiger partial charge in [-0.3, -0.25) is 9.59 Å². The van der Waals surface area contributed by atoms with Crippen LogP contribution in [0.15, 0.2) is 29.6 Å². The first-order valence-electron chi connectivity index (χ1n) is 6.01. The van der Waals surface area contributed by atoms with Crippen molar-refractivity contribution in [2.24, 2.45) is 5.73 Å². The van der Waals surface area contributed by atoms with Crippen LogP contribution in [0.2, 0.25) is 0 Å². The fourth-order valence-electron chi connectivity index (χ4n) is 1.68. The maximum atomic E-state index is 11.1. The van der Waals surface area contributed by atoms with Crippen LogP contribution in [0.25, 0.3) is 10.6 Å². The summed E-state index contributed by atoms with van der Waals surface area (Å²) in [7, 11) is 1.38. The quantitative estimate of drug-likeness (QED) is 0.854. The van der Waals surface area contributed by atoms with Crippen LogP contribution < -0.4 is 5.73 Å². The molecule has 6 heteroatoms. The molecule has 0 radical (unpaired) electrons. The molecular formula is C14H14N2O3S. The lowest BCUT2D eigenvalue weighted by Gasteiger charge is -2.02. The lowest BCUT2D eigenvalue weighted by Crippen LogP contribution is -2.10. The van der Waals surface area contributed by atoms with Gasteiger partial charge in [0, 0.05) is 17.4 Å². The van der Waals surface area contributed by atoms with Crippen molar-refractivity contribution in [2.45, 2.75) is 12.8 Å². The minimum atomic E-state index is -0.526. The Morgan fingerprint density at radius 2 is 2.00 bits per heavy atom. The van der Waals surface area contributed by atoms with Gasteiger partial charge in [-0.25, -0.2) is 4.98 Å². The third kappa shape index (κ3) is 3.42. The third-order valence-electron chi connectivity index (χ3n) is 2.80. The molecule has 0 aliphatic carbocycles. The fourth-order valence-corrected chi connectivity index (χ4v) is 2.50. The Morgan fingerprint density at radius 3 is 2.55 bits per heavy atom. The molecule has 20 heavy (non-hydrogen) atoms. The van der Waals surface area contributed by atoms with Crippen LogP contribution in [0.4, 0.5) is 0 Å². The highest BCUT2D eigenvalue weighted by Gasteiger charge is 2.08. The number of amides is 1. The van der Waals surface area contributed by atoms with Crippen molar-refractivity contribution in [3.8, 4) is 10.6 Å². The van der Waals surface area contributed by atoms with E-state index in [4.69, 9.17) is 5.73 Å². The average Bonchev–Trinajstić information content (AvgIpc) is 2.95. The minimum absolute atomic E-state index is 0.222. The van der Waals surface area contributed by atoms with E-state index in [9.17, 15) is 9.59 Å². The lowest BCUT2D eigenvalue weighted by molar-refractivity contribution is -0.140. The first-order valence-corrected chi connectivity index (χ1v) is 6.89. The largest absolute Gasteiger partial charge is 0.469 e. The first-order chi connectivity index (χ1) is 9.60. The Morgan fingerprint density at radius 1 is 1.30 bits per heavy atom. The number of carbonyl (C=O) groups excluding carboxylic acids is 2. The SMILES string of the molecule is COC(=O)CCc1ccc(-c2nc(C(N)=O)cs2)cc1. The van der Waals surface area contributed by atoms with Gasteiger partial charge in [0.25, 0.3) is 5.91 Å². The number of hydrogen-bond donors (Lipinski definition) is 1. The summed E-state index contributed by atoms with van der Waals surface area (Å²) in [4.78, 5) is 26.2. The highest BCUT2D eigenvalue weighted by molar-refractivity contribution is 7.13. The molecule has 0 unspecified atom stereocenters. The van der Waals surface area contributed by atoms with Crippen LogP contribution in [0.5, 0.6) is 0 Å². The van der Waals surface area contributed by atoms with E-state index in [2.05, 4.69) is 9.72 Å². The predicted molar refractivity (Wildman–Crippen MR) is 76.4 cm³/mol. The van der Waals surface area contributed by atoms with Crippen molar-refractivity contribution in [3.05, 3.63) is 40.9 Å². The van der Waals surface area contributed by atoms with E-state index in [1.165, 1.54) is 18.4 Å². The second-order valence-electron chi connectivity index (χ2n) is 4.18. The van der Waals surface area contributed by atoms with Crippen molar-refractivity contribution in [2.75, 3.05) is 7.11 Å². The van der Waals surface area contributed by atoms with Crippen LogP contribution >= 0.6 is 11.3 Å². The number of esters is 1. The molecular weight excluding hydrogens is 276 g/mol. The van der Waals surface area contributed by atoms with Gasteiger partial charge >= 0.3 is 5.97 Å². The van der Waals surface area contributed by atoms with Crippen LogP contribution in [0.3, 0.4) is 0 Å². The molecule has 1 heterocycles. The van der Waals surface area contributed by atoms with Crippen LogP contribution in [0.1, 0.15) is 22.5 Å². The molecule has 2 aromatic rings. The molecule has 0 saturated carbocycles. The Kier molecular flexibility index (Phi) is 4.47. The van der Waals surface area contributed by atoms with Gasteiger partial charge in [0.1, 0.15) is 10.7 Å². The molecule has 104 valence electrons. The normalized spacial score (nSPS) is 10.2. The molecule has 0 aliphatic heterocycles. The van der Waals surface area contributed by atoms with E-state index in [0.29, 0.717) is 12.8 Å². The molecule has 2 N–H and O–H groups in total. The van der Waals surface area contributed by atoms with E-state index in [0.717, 1.165) is 16.1 Å². The molecule has 1 aromatic carbocycles. The topological polar surface area (TPSA) is 82.3 Å². The van der Waals surface area contributed by atoms with Crippen molar-refractivity contribution >= 4 is 23.2 Å². The fraction of sp³-hybridized carbons (Fsp3) is 0.214. The summed E-state index contributed by atoms with van der Waals surface area (Å²) in [5.41, 5.74) is 7.42. The molecule has 0 bridgehead atoms. The first kappa shape index (κ1) is 14.2. The number of rotatable bonds is 5. The number of nitrogens with zero attached hydrogens (tertiary/aromatic N) is 1. The summed E-state index contributed by atoms with van der Waals surface area (Å²) in [5.74, 6) is -0.748. The molecule has 2 rings (SSSR count). The van der Waals surface area contributed by atoms with Gasteiger partial charge in [-0.1, -0.05) is 24.3 Å². The number of ether oxygens (including phenoxy) is 1. The second kappa shape index (κ2) is 6.29. The van der Waals surface area contributed by atoms with Gasteiger partial charge in [0.05, 0.1) is 7.11 Å². The van der Waals surface area contributed by atoms with Gasteiger partial charge in [0.15, 0.2) is 0 Å². The van der Waals surface area contributed by atoms with Gasteiger partial charge in [-0.2, -0.15) is 0 Å². The number of aromatic nitrogens is 1. The molecule has 0 fully saturated rings. The van der Waals surface area contributed by atoms with Crippen molar-refractivity contribution in [1.82, 2.24) is 4.98 Å². The predicted octanol–water partition coefficient (Wildman–Crippen LogP) is 2.01.